The highest BCUT2D eigenvalue weighted by Gasteiger charge is 2.22. The summed E-state index contributed by atoms with van der Waals surface area (Å²) in [7, 11) is 4.05. The number of ether oxygens (including phenoxy) is 1. The van der Waals surface area contributed by atoms with Crippen LogP contribution in [-0.4, -0.2) is 56.0 Å². The summed E-state index contributed by atoms with van der Waals surface area (Å²) in [5, 5.41) is 11.8. The number of amides is 2. The summed E-state index contributed by atoms with van der Waals surface area (Å²) in [6.45, 7) is 1.78. The van der Waals surface area contributed by atoms with Crippen molar-refractivity contribution in [3.63, 3.8) is 0 Å². The fourth-order valence-electron chi connectivity index (χ4n) is 5.98. The third-order valence-electron chi connectivity index (χ3n) is 8.69. The third-order valence-corrected chi connectivity index (χ3v) is 9.44. The lowest BCUT2D eigenvalue weighted by Crippen LogP contribution is -2.21. The average Bonchev–Trinajstić information content (AvgIpc) is 3.82. The van der Waals surface area contributed by atoms with Crippen molar-refractivity contribution in [3.05, 3.63) is 148 Å². The zero-order chi connectivity index (χ0) is 36.0. The lowest BCUT2D eigenvalue weighted by Gasteiger charge is -2.17. The van der Waals surface area contributed by atoms with Gasteiger partial charge < -0.3 is 20.3 Å². The number of fused-ring (bicyclic) bond motifs is 2. The second kappa shape index (κ2) is 15.3. The number of hydrogen-bond acceptors (Lipinski definition) is 9. The molecule has 2 amide bonds. The first-order valence-electron chi connectivity index (χ1n) is 16.6. The first kappa shape index (κ1) is 34.2. The third kappa shape index (κ3) is 7.88. The van der Waals surface area contributed by atoms with Crippen molar-refractivity contribution in [3.8, 4) is 0 Å². The minimum Gasteiger partial charge on any atom is -0.456 e. The maximum atomic E-state index is 13.9. The molecule has 0 fully saturated rings. The maximum Gasteiger partial charge on any atom is 0.338 e. The van der Waals surface area contributed by atoms with E-state index in [0.717, 1.165) is 40.9 Å². The van der Waals surface area contributed by atoms with E-state index in [1.807, 2.05) is 48.3 Å². The quantitative estimate of drug-likeness (QED) is 0.128. The van der Waals surface area contributed by atoms with Gasteiger partial charge in [0.05, 0.1) is 44.3 Å². The van der Waals surface area contributed by atoms with Crippen molar-refractivity contribution in [2.45, 2.75) is 19.6 Å². The molecule has 260 valence electrons. The van der Waals surface area contributed by atoms with E-state index in [2.05, 4.69) is 55.8 Å². The molecule has 0 saturated carbocycles. The molecule has 2 N–H and O–H groups in total. The van der Waals surface area contributed by atoms with E-state index in [4.69, 9.17) is 4.74 Å². The van der Waals surface area contributed by atoms with Gasteiger partial charge >= 0.3 is 5.97 Å². The second-order valence-electron chi connectivity index (χ2n) is 12.4. The number of carbonyl (C=O) groups is 3. The number of thiazole rings is 1. The predicted molar refractivity (Wildman–Crippen MR) is 203 cm³/mol. The van der Waals surface area contributed by atoms with Crippen LogP contribution in [0.25, 0.3) is 21.8 Å². The SMILES string of the molecule is CN(CCc1ccc(NC(=O)c2c(C(=O)Nc3cccc(C(=O)OCc4cncs4)c3)cnc3ccccc23)cc1)Cc1ccc2c(cnn2C)c1. The molecule has 0 spiro atoms. The van der Waals surface area contributed by atoms with Gasteiger partial charge in [0.2, 0.25) is 0 Å². The summed E-state index contributed by atoms with van der Waals surface area (Å²) in [5.74, 6) is -1.52. The summed E-state index contributed by atoms with van der Waals surface area (Å²) in [6.07, 6.45) is 5.76. The number of benzene rings is 4. The monoisotopic (exact) mass is 709 g/mol. The largest absolute Gasteiger partial charge is 0.456 e. The van der Waals surface area contributed by atoms with Crippen LogP contribution in [-0.2, 0) is 31.4 Å². The number of likely N-dealkylation sites (N-methyl/N-ethyl adjacent to an activating group) is 1. The number of anilines is 2. The van der Waals surface area contributed by atoms with Crippen LogP contribution in [0.2, 0.25) is 0 Å². The highest BCUT2D eigenvalue weighted by Crippen LogP contribution is 2.24. The van der Waals surface area contributed by atoms with Crippen LogP contribution >= 0.6 is 11.3 Å². The Bertz CT molecular complexity index is 2390. The van der Waals surface area contributed by atoms with Crippen molar-refractivity contribution in [1.82, 2.24) is 24.6 Å². The summed E-state index contributed by atoms with van der Waals surface area (Å²) in [6, 6.07) is 27.8. The van der Waals surface area contributed by atoms with Gasteiger partial charge in [0, 0.05) is 54.7 Å². The van der Waals surface area contributed by atoms with Gasteiger partial charge in [0.25, 0.3) is 11.8 Å². The van der Waals surface area contributed by atoms with Gasteiger partial charge in [-0.2, -0.15) is 5.10 Å². The highest BCUT2D eigenvalue weighted by molar-refractivity contribution is 7.09. The molecule has 7 rings (SSSR count). The maximum absolute atomic E-state index is 13.9. The molecular formula is C40H35N7O4S. The van der Waals surface area contributed by atoms with Crippen LogP contribution in [0.4, 0.5) is 11.4 Å². The number of aromatic nitrogens is 4. The zero-order valence-corrected chi connectivity index (χ0v) is 29.4. The summed E-state index contributed by atoms with van der Waals surface area (Å²) >= 11 is 1.39. The Kier molecular flexibility index (Phi) is 10.1. The molecule has 0 unspecified atom stereocenters. The van der Waals surface area contributed by atoms with Gasteiger partial charge in [-0.1, -0.05) is 42.5 Å². The molecule has 52 heavy (non-hydrogen) atoms. The van der Waals surface area contributed by atoms with Crippen molar-refractivity contribution >= 4 is 62.3 Å². The number of nitrogens with zero attached hydrogens (tertiary/aromatic N) is 5. The van der Waals surface area contributed by atoms with Crippen molar-refractivity contribution in [2.24, 2.45) is 7.05 Å². The van der Waals surface area contributed by atoms with E-state index in [1.54, 1.807) is 48.1 Å². The number of nitrogens with one attached hydrogen (secondary N) is 2. The molecule has 0 saturated heterocycles. The Morgan fingerprint density at radius 3 is 2.48 bits per heavy atom. The van der Waals surface area contributed by atoms with E-state index in [-0.39, 0.29) is 23.3 Å². The summed E-state index contributed by atoms with van der Waals surface area (Å²) in [4.78, 5) is 51.8. The molecule has 3 aromatic heterocycles. The topological polar surface area (TPSA) is 131 Å². The predicted octanol–water partition coefficient (Wildman–Crippen LogP) is 7.11. The summed E-state index contributed by atoms with van der Waals surface area (Å²) < 4.78 is 7.26. The van der Waals surface area contributed by atoms with E-state index in [1.165, 1.54) is 29.2 Å². The van der Waals surface area contributed by atoms with E-state index < -0.39 is 17.8 Å². The number of rotatable bonds is 12. The number of carbonyl (C=O) groups excluding carboxylic acids is 3. The van der Waals surface area contributed by atoms with Crippen LogP contribution in [0, 0.1) is 0 Å². The molecule has 0 aliphatic heterocycles. The molecule has 0 radical (unpaired) electrons. The lowest BCUT2D eigenvalue weighted by atomic mass is 10.0. The normalized spacial score (nSPS) is 11.2. The fraction of sp³-hybridized carbons (Fsp3) is 0.150. The standard InChI is InChI=1S/C40H35N7O4S/c1-46(23-27-12-15-36-29(18-27)20-43-47(36)2)17-16-26-10-13-30(14-11-26)44-39(49)37-33-8-3-4-9-35(33)42-22-34(37)38(48)45-31-7-5-6-28(19-31)40(50)51-24-32-21-41-25-52-32/h3-15,18-22,25H,16-17,23-24H2,1-2H3,(H,44,49)(H,45,48). The van der Waals surface area contributed by atoms with Gasteiger partial charge in [0.15, 0.2) is 0 Å². The van der Waals surface area contributed by atoms with Crippen molar-refractivity contribution in [1.29, 1.82) is 0 Å². The zero-order valence-electron chi connectivity index (χ0n) is 28.6. The first-order chi connectivity index (χ1) is 25.3. The molecule has 0 aliphatic carbocycles. The molecule has 0 bridgehead atoms. The average molecular weight is 710 g/mol. The van der Waals surface area contributed by atoms with E-state index >= 15 is 0 Å². The Balaban J connectivity index is 1.01. The first-order valence-corrected chi connectivity index (χ1v) is 17.5. The number of aryl methyl sites for hydroxylation is 1. The minimum atomic E-state index is -0.543. The lowest BCUT2D eigenvalue weighted by molar-refractivity contribution is 0.0476. The molecule has 7 aromatic rings. The Morgan fingerprint density at radius 1 is 0.846 bits per heavy atom. The number of esters is 1. The molecule has 3 heterocycles. The van der Waals surface area contributed by atoms with Crippen LogP contribution in [0.15, 0.2) is 115 Å². The highest BCUT2D eigenvalue weighted by atomic mass is 32.1. The van der Waals surface area contributed by atoms with Crippen molar-refractivity contribution < 1.29 is 19.1 Å². The van der Waals surface area contributed by atoms with E-state index in [9.17, 15) is 14.4 Å². The molecule has 4 aromatic carbocycles. The van der Waals surface area contributed by atoms with Crippen LogP contribution in [0.1, 0.15) is 47.1 Å². The molecular weight excluding hydrogens is 675 g/mol. The van der Waals surface area contributed by atoms with E-state index in [0.29, 0.717) is 22.3 Å². The van der Waals surface area contributed by atoms with Gasteiger partial charge in [0.1, 0.15) is 6.61 Å². The molecule has 0 atom stereocenters. The molecule has 12 heteroatoms. The minimum absolute atomic E-state index is 0.0942. The van der Waals surface area contributed by atoms with Gasteiger partial charge in [-0.15, -0.1) is 11.3 Å². The Morgan fingerprint density at radius 2 is 1.65 bits per heavy atom. The second-order valence-corrected chi connectivity index (χ2v) is 13.4. The number of para-hydroxylation sites is 1. The van der Waals surface area contributed by atoms with Gasteiger partial charge in [-0.3, -0.25) is 24.2 Å². The fourth-order valence-corrected chi connectivity index (χ4v) is 6.49. The summed E-state index contributed by atoms with van der Waals surface area (Å²) in [5.41, 5.74) is 7.25. The van der Waals surface area contributed by atoms with Crippen LogP contribution < -0.4 is 10.6 Å². The van der Waals surface area contributed by atoms with Crippen LogP contribution in [0.5, 0.6) is 0 Å². The smallest absolute Gasteiger partial charge is 0.338 e. The molecule has 0 aliphatic rings. The number of hydrogen-bond donors (Lipinski definition) is 2. The van der Waals surface area contributed by atoms with Crippen molar-refractivity contribution in [2.75, 3.05) is 24.2 Å². The van der Waals surface area contributed by atoms with Crippen LogP contribution in [0.3, 0.4) is 0 Å². The number of pyridine rings is 1. The Labute approximate surface area is 303 Å². The van der Waals surface area contributed by atoms with Gasteiger partial charge in [-0.25, -0.2) is 4.79 Å². The Hall–Kier alpha value is -6.24. The van der Waals surface area contributed by atoms with Gasteiger partial charge in [-0.05, 0) is 73.1 Å². The molecule has 11 nitrogen and oxygen atoms in total.